The van der Waals surface area contributed by atoms with E-state index in [0.717, 1.165) is 11.1 Å². The molecule has 4 rings (SSSR count). The maximum absolute atomic E-state index is 12.4. The summed E-state index contributed by atoms with van der Waals surface area (Å²) >= 11 is 0. The topological polar surface area (TPSA) is 113 Å². The zero-order valence-electron chi connectivity index (χ0n) is 14.5. The van der Waals surface area contributed by atoms with E-state index in [1.165, 1.54) is 0 Å². The summed E-state index contributed by atoms with van der Waals surface area (Å²) in [6, 6.07) is 10.5. The molecule has 0 radical (unpaired) electrons. The highest BCUT2D eigenvalue weighted by atomic mass is 16.5. The highest BCUT2D eigenvalue weighted by Crippen LogP contribution is 2.28. The second-order valence-electron chi connectivity index (χ2n) is 6.29. The fourth-order valence-electron chi connectivity index (χ4n) is 2.86. The van der Waals surface area contributed by atoms with Gasteiger partial charge in [0.15, 0.2) is 12.4 Å². The van der Waals surface area contributed by atoms with Crippen LogP contribution in [0.5, 0.6) is 5.75 Å². The second-order valence-corrected chi connectivity index (χ2v) is 6.29. The Morgan fingerprint density at radius 2 is 2.07 bits per heavy atom. The van der Waals surface area contributed by atoms with Crippen molar-refractivity contribution in [2.24, 2.45) is 0 Å². The standard InChI is InChI=1S/C19H16N4O4/c1-10-2-4-12-13(6-10)22-17(23-18(12)25)19(26)20-8-11-3-5-15-14(7-11)21-16(24)9-27-15/h2-7H,8-9H2,1H3,(H,20,26)(H,21,24)(H,22,23,25). The number of aromatic nitrogens is 2. The van der Waals surface area contributed by atoms with Gasteiger partial charge in [0.05, 0.1) is 16.6 Å². The number of carbonyl (C=O) groups excluding carboxylic acids is 2. The summed E-state index contributed by atoms with van der Waals surface area (Å²) in [5.74, 6) is -0.182. The van der Waals surface area contributed by atoms with Gasteiger partial charge in [0.25, 0.3) is 17.4 Å². The molecule has 0 saturated carbocycles. The summed E-state index contributed by atoms with van der Waals surface area (Å²) < 4.78 is 5.30. The fraction of sp³-hybridized carbons (Fsp3) is 0.158. The van der Waals surface area contributed by atoms with Gasteiger partial charge in [-0.1, -0.05) is 12.1 Å². The molecule has 0 saturated heterocycles. The van der Waals surface area contributed by atoms with Crippen LogP contribution in [0.3, 0.4) is 0 Å². The number of hydrogen-bond acceptors (Lipinski definition) is 5. The van der Waals surface area contributed by atoms with Crippen LogP contribution in [0.4, 0.5) is 5.69 Å². The van der Waals surface area contributed by atoms with E-state index in [1.807, 2.05) is 13.0 Å². The van der Waals surface area contributed by atoms with Crippen LogP contribution in [0, 0.1) is 6.92 Å². The van der Waals surface area contributed by atoms with Crippen molar-refractivity contribution in [2.45, 2.75) is 13.5 Å². The molecule has 1 aliphatic rings. The molecular formula is C19H16N4O4. The van der Waals surface area contributed by atoms with Gasteiger partial charge >= 0.3 is 0 Å². The summed E-state index contributed by atoms with van der Waals surface area (Å²) in [6.45, 7) is 2.09. The average Bonchev–Trinajstić information content (AvgIpc) is 2.65. The molecule has 0 bridgehead atoms. The van der Waals surface area contributed by atoms with Gasteiger partial charge in [-0.25, -0.2) is 4.98 Å². The first-order valence-corrected chi connectivity index (χ1v) is 8.34. The smallest absolute Gasteiger partial charge is 0.287 e. The third kappa shape index (κ3) is 3.37. The molecule has 3 N–H and O–H groups in total. The Bertz CT molecular complexity index is 1140. The predicted molar refractivity (Wildman–Crippen MR) is 98.8 cm³/mol. The molecule has 0 aliphatic carbocycles. The molecule has 27 heavy (non-hydrogen) atoms. The molecule has 0 spiro atoms. The first-order valence-electron chi connectivity index (χ1n) is 8.34. The molecule has 1 aromatic heterocycles. The van der Waals surface area contributed by atoms with Gasteiger partial charge in [0.1, 0.15) is 5.75 Å². The molecule has 0 fully saturated rings. The Kier molecular flexibility index (Phi) is 4.08. The van der Waals surface area contributed by atoms with Crippen LogP contribution < -0.4 is 20.9 Å². The molecule has 2 aromatic carbocycles. The van der Waals surface area contributed by atoms with E-state index in [2.05, 4.69) is 20.6 Å². The van der Waals surface area contributed by atoms with Crippen LogP contribution in [0.2, 0.25) is 0 Å². The first kappa shape index (κ1) is 16.8. The normalized spacial score (nSPS) is 12.9. The van der Waals surface area contributed by atoms with E-state index < -0.39 is 5.91 Å². The summed E-state index contributed by atoms with van der Waals surface area (Å²) in [7, 11) is 0. The lowest BCUT2D eigenvalue weighted by molar-refractivity contribution is -0.118. The fourth-order valence-corrected chi connectivity index (χ4v) is 2.86. The van der Waals surface area contributed by atoms with Crippen LogP contribution in [-0.2, 0) is 11.3 Å². The number of amides is 2. The molecule has 1 aliphatic heterocycles. The average molecular weight is 364 g/mol. The first-order chi connectivity index (χ1) is 13.0. The van der Waals surface area contributed by atoms with Gasteiger partial charge in [-0.05, 0) is 42.3 Å². The highest BCUT2D eigenvalue weighted by Gasteiger charge is 2.16. The number of hydrogen-bond donors (Lipinski definition) is 3. The Balaban J connectivity index is 1.53. The Labute approximate surface area is 153 Å². The van der Waals surface area contributed by atoms with Crippen molar-refractivity contribution in [1.29, 1.82) is 0 Å². The Morgan fingerprint density at radius 1 is 1.22 bits per heavy atom. The van der Waals surface area contributed by atoms with Gasteiger partial charge in [-0.2, -0.15) is 0 Å². The van der Waals surface area contributed by atoms with Crippen molar-refractivity contribution in [3.8, 4) is 5.75 Å². The number of aryl methyl sites for hydroxylation is 1. The SMILES string of the molecule is Cc1ccc2c(=O)[nH]c(C(=O)NCc3ccc4c(c3)NC(=O)CO4)nc2c1. The molecular weight excluding hydrogens is 348 g/mol. The van der Waals surface area contributed by atoms with E-state index in [-0.39, 0.29) is 30.4 Å². The van der Waals surface area contributed by atoms with E-state index >= 15 is 0 Å². The van der Waals surface area contributed by atoms with Gasteiger partial charge in [0.2, 0.25) is 0 Å². The van der Waals surface area contributed by atoms with Gasteiger partial charge in [-0.15, -0.1) is 0 Å². The number of nitrogens with one attached hydrogen (secondary N) is 3. The maximum Gasteiger partial charge on any atom is 0.287 e. The van der Waals surface area contributed by atoms with E-state index in [0.29, 0.717) is 22.3 Å². The molecule has 0 unspecified atom stereocenters. The Hall–Kier alpha value is -3.68. The van der Waals surface area contributed by atoms with Crippen LogP contribution in [0.15, 0.2) is 41.2 Å². The molecule has 136 valence electrons. The number of fused-ring (bicyclic) bond motifs is 2. The van der Waals surface area contributed by atoms with Crippen molar-refractivity contribution in [3.05, 3.63) is 63.7 Å². The largest absolute Gasteiger partial charge is 0.482 e. The number of ether oxygens (including phenoxy) is 1. The van der Waals surface area contributed by atoms with E-state index in [1.54, 1.807) is 30.3 Å². The second kappa shape index (κ2) is 6.56. The zero-order valence-corrected chi connectivity index (χ0v) is 14.5. The van der Waals surface area contributed by atoms with Crippen LogP contribution in [0.1, 0.15) is 21.7 Å². The molecule has 8 nitrogen and oxygen atoms in total. The van der Waals surface area contributed by atoms with Crippen LogP contribution in [-0.4, -0.2) is 28.4 Å². The minimum absolute atomic E-state index is 0.0104. The maximum atomic E-state index is 12.4. The van der Waals surface area contributed by atoms with E-state index in [9.17, 15) is 14.4 Å². The molecule has 2 heterocycles. The highest BCUT2D eigenvalue weighted by molar-refractivity contribution is 5.95. The number of anilines is 1. The lowest BCUT2D eigenvalue weighted by atomic mass is 10.1. The van der Waals surface area contributed by atoms with Crippen molar-refractivity contribution in [3.63, 3.8) is 0 Å². The van der Waals surface area contributed by atoms with Crippen molar-refractivity contribution in [2.75, 3.05) is 11.9 Å². The van der Waals surface area contributed by atoms with Crippen LogP contribution in [0.25, 0.3) is 10.9 Å². The number of aromatic amines is 1. The third-order valence-electron chi connectivity index (χ3n) is 4.21. The van der Waals surface area contributed by atoms with Crippen molar-refractivity contribution in [1.82, 2.24) is 15.3 Å². The van der Waals surface area contributed by atoms with Gasteiger partial charge < -0.3 is 20.4 Å². The summed E-state index contributed by atoms with van der Waals surface area (Å²) in [4.78, 5) is 42.7. The van der Waals surface area contributed by atoms with Crippen molar-refractivity contribution >= 4 is 28.4 Å². The summed E-state index contributed by atoms with van der Waals surface area (Å²) in [5.41, 5.74) is 2.39. The molecule has 2 amide bonds. The molecule has 3 aromatic rings. The third-order valence-corrected chi connectivity index (χ3v) is 4.21. The quantitative estimate of drug-likeness (QED) is 0.652. The molecule has 8 heteroatoms. The summed E-state index contributed by atoms with van der Waals surface area (Å²) in [6.07, 6.45) is 0. The zero-order chi connectivity index (χ0) is 19.0. The van der Waals surface area contributed by atoms with Crippen molar-refractivity contribution < 1.29 is 14.3 Å². The van der Waals surface area contributed by atoms with Crippen LogP contribution >= 0.6 is 0 Å². The lowest BCUT2D eigenvalue weighted by Crippen LogP contribution is -2.28. The van der Waals surface area contributed by atoms with Gasteiger partial charge in [0, 0.05) is 6.54 Å². The lowest BCUT2D eigenvalue weighted by Gasteiger charge is -2.18. The Morgan fingerprint density at radius 3 is 2.93 bits per heavy atom. The van der Waals surface area contributed by atoms with E-state index in [4.69, 9.17) is 4.74 Å². The minimum Gasteiger partial charge on any atom is -0.482 e. The monoisotopic (exact) mass is 364 g/mol. The van der Waals surface area contributed by atoms with Gasteiger partial charge in [-0.3, -0.25) is 14.4 Å². The summed E-state index contributed by atoms with van der Waals surface area (Å²) in [5, 5.41) is 5.86. The molecule has 0 atom stereocenters. The number of H-pyrrole nitrogens is 1. The minimum atomic E-state index is -0.492. The number of rotatable bonds is 3. The predicted octanol–water partition coefficient (Wildman–Crippen LogP) is 1.49. The number of nitrogens with zero attached hydrogens (tertiary/aromatic N) is 1. The number of carbonyl (C=O) groups is 2. The number of benzene rings is 2.